The molecular weight excluding hydrogens is 148 g/mol. The first-order chi connectivity index (χ1) is 5.77. The Hall–Kier alpha value is -1.11. The fourth-order valence-electron chi connectivity index (χ4n) is 0.737. The molecule has 0 aromatic heterocycles. The highest BCUT2D eigenvalue weighted by molar-refractivity contribution is 5.75. The van der Waals surface area contributed by atoms with Gasteiger partial charge in [0.15, 0.2) is 0 Å². The minimum Gasteiger partial charge on any atom is -0.300 e. The summed E-state index contributed by atoms with van der Waals surface area (Å²) in [5.74, 6) is 0.289. The molecule has 66 valence electrons. The van der Waals surface area contributed by atoms with E-state index in [4.69, 9.17) is 0 Å². The molecule has 0 saturated carbocycles. The number of ketones is 1. The molecule has 0 amide bonds. The summed E-state index contributed by atoms with van der Waals surface area (Å²) in [4.78, 5) is 10.0. The van der Waals surface area contributed by atoms with Crippen LogP contribution in [0.1, 0.15) is 26.7 Å². The Balaban J connectivity index is 0.000000202. The largest absolute Gasteiger partial charge is 0.300 e. The predicted molar refractivity (Wildman–Crippen MR) is 52.0 cm³/mol. The van der Waals surface area contributed by atoms with Crippen molar-refractivity contribution in [2.45, 2.75) is 26.7 Å². The fraction of sp³-hybridized carbons (Fsp3) is 0.364. The molecule has 0 N–H and O–H groups in total. The molecule has 0 radical (unpaired) electrons. The zero-order chi connectivity index (χ0) is 9.23. The van der Waals surface area contributed by atoms with Crippen molar-refractivity contribution >= 4 is 5.78 Å². The minimum absolute atomic E-state index is 0.289. The number of Topliss-reactive ketones (excluding diaryl/α,β-unsaturated/α-hetero) is 1. The lowest BCUT2D eigenvalue weighted by atomic mass is 10.3. The highest BCUT2D eigenvalue weighted by Crippen LogP contribution is 1.84. The van der Waals surface area contributed by atoms with Crippen LogP contribution < -0.4 is 0 Å². The van der Waals surface area contributed by atoms with Gasteiger partial charge in [0.1, 0.15) is 5.78 Å². The standard InChI is InChI=1S/C6H6.C5H10O/c1-2-4-6-5-3-1;1-3-4-5(2)6/h1-6H;3-4H2,1-2H3. The Bertz CT molecular complexity index is 165. The lowest BCUT2D eigenvalue weighted by Gasteiger charge is -1.80. The Labute approximate surface area is 74.4 Å². The first kappa shape index (κ1) is 10.9. The molecule has 1 rings (SSSR count). The molecule has 0 bridgehead atoms. The van der Waals surface area contributed by atoms with Gasteiger partial charge in [0.05, 0.1) is 0 Å². The number of rotatable bonds is 2. The molecule has 1 heteroatoms. The van der Waals surface area contributed by atoms with Gasteiger partial charge < -0.3 is 4.79 Å². The van der Waals surface area contributed by atoms with Crippen LogP contribution in [0.25, 0.3) is 0 Å². The highest BCUT2D eigenvalue weighted by atomic mass is 16.1. The molecule has 0 spiro atoms. The van der Waals surface area contributed by atoms with Crippen LogP contribution >= 0.6 is 0 Å². The van der Waals surface area contributed by atoms with Gasteiger partial charge in [0.25, 0.3) is 0 Å². The van der Waals surface area contributed by atoms with Crippen LogP contribution in [0.15, 0.2) is 36.4 Å². The van der Waals surface area contributed by atoms with E-state index in [9.17, 15) is 4.79 Å². The summed E-state index contributed by atoms with van der Waals surface area (Å²) in [5, 5.41) is 0. The van der Waals surface area contributed by atoms with Crippen LogP contribution in [0.5, 0.6) is 0 Å². The summed E-state index contributed by atoms with van der Waals surface area (Å²) in [6.45, 7) is 3.62. The molecule has 0 fully saturated rings. The molecule has 0 aliphatic carbocycles. The summed E-state index contributed by atoms with van der Waals surface area (Å²) >= 11 is 0. The van der Waals surface area contributed by atoms with Crippen LogP contribution in [0.2, 0.25) is 0 Å². The van der Waals surface area contributed by atoms with Crippen molar-refractivity contribution in [3.8, 4) is 0 Å². The maximum Gasteiger partial charge on any atom is 0.129 e. The van der Waals surface area contributed by atoms with E-state index in [1.165, 1.54) is 0 Å². The fourth-order valence-corrected chi connectivity index (χ4v) is 0.737. The van der Waals surface area contributed by atoms with Crippen LogP contribution in [0.3, 0.4) is 0 Å². The molecule has 0 aliphatic heterocycles. The first-order valence-corrected chi connectivity index (χ1v) is 4.26. The van der Waals surface area contributed by atoms with Gasteiger partial charge in [-0.15, -0.1) is 0 Å². The highest BCUT2D eigenvalue weighted by Gasteiger charge is 1.83. The van der Waals surface area contributed by atoms with Gasteiger partial charge in [-0.3, -0.25) is 0 Å². The summed E-state index contributed by atoms with van der Waals surface area (Å²) in [6, 6.07) is 12.0. The van der Waals surface area contributed by atoms with E-state index in [0.717, 1.165) is 12.8 Å². The third-order valence-electron chi connectivity index (χ3n) is 1.27. The molecule has 1 aromatic carbocycles. The smallest absolute Gasteiger partial charge is 0.129 e. The lowest BCUT2D eigenvalue weighted by Crippen LogP contribution is -1.84. The van der Waals surface area contributed by atoms with E-state index in [1.807, 2.05) is 43.3 Å². The number of carbonyl (C=O) groups is 1. The molecule has 1 nitrogen and oxygen atoms in total. The SMILES string of the molecule is CCCC(C)=O.c1ccccc1. The third kappa shape index (κ3) is 8.89. The summed E-state index contributed by atoms with van der Waals surface area (Å²) in [7, 11) is 0. The van der Waals surface area contributed by atoms with Crippen molar-refractivity contribution in [3.05, 3.63) is 36.4 Å². The monoisotopic (exact) mass is 164 g/mol. The minimum atomic E-state index is 0.289. The summed E-state index contributed by atoms with van der Waals surface area (Å²) in [6.07, 6.45) is 1.72. The number of carbonyl (C=O) groups excluding carboxylic acids is 1. The Morgan fingerprint density at radius 1 is 1.00 bits per heavy atom. The number of hydrogen-bond donors (Lipinski definition) is 0. The molecule has 0 unspecified atom stereocenters. The summed E-state index contributed by atoms with van der Waals surface area (Å²) < 4.78 is 0. The molecule has 1 aromatic rings. The van der Waals surface area contributed by atoms with Crippen molar-refractivity contribution in [1.82, 2.24) is 0 Å². The average Bonchev–Trinajstić information content (AvgIpc) is 2.08. The van der Waals surface area contributed by atoms with Crippen molar-refractivity contribution < 1.29 is 4.79 Å². The van der Waals surface area contributed by atoms with Gasteiger partial charge in [-0.2, -0.15) is 0 Å². The zero-order valence-corrected chi connectivity index (χ0v) is 7.79. The topological polar surface area (TPSA) is 17.1 Å². The van der Waals surface area contributed by atoms with Crippen molar-refractivity contribution in [2.75, 3.05) is 0 Å². The second kappa shape index (κ2) is 7.99. The molecule has 0 heterocycles. The molecule has 0 saturated heterocycles. The van der Waals surface area contributed by atoms with E-state index in [-0.39, 0.29) is 5.78 Å². The lowest BCUT2D eigenvalue weighted by molar-refractivity contribution is -0.117. The number of hydrogen-bond acceptors (Lipinski definition) is 1. The Morgan fingerprint density at radius 3 is 1.42 bits per heavy atom. The number of benzene rings is 1. The maximum atomic E-state index is 10.0. The molecule has 12 heavy (non-hydrogen) atoms. The molecule has 0 aliphatic rings. The van der Waals surface area contributed by atoms with E-state index >= 15 is 0 Å². The van der Waals surface area contributed by atoms with Crippen LogP contribution in [0.4, 0.5) is 0 Å². The first-order valence-electron chi connectivity index (χ1n) is 4.26. The zero-order valence-electron chi connectivity index (χ0n) is 7.79. The third-order valence-corrected chi connectivity index (χ3v) is 1.27. The second-order valence-electron chi connectivity index (χ2n) is 2.61. The van der Waals surface area contributed by atoms with Crippen LogP contribution in [0, 0.1) is 0 Å². The van der Waals surface area contributed by atoms with E-state index in [2.05, 4.69) is 0 Å². The van der Waals surface area contributed by atoms with Gasteiger partial charge in [0, 0.05) is 6.42 Å². The van der Waals surface area contributed by atoms with Gasteiger partial charge in [-0.25, -0.2) is 0 Å². The Kier molecular flexibility index (Phi) is 7.25. The van der Waals surface area contributed by atoms with Gasteiger partial charge >= 0.3 is 0 Å². The van der Waals surface area contributed by atoms with Gasteiger partial charge in [0.2, 0.25) is 0 Å². The normalized spacial score (nSPS) is 8.17. The van der Waals surface area contributed by atoms with E-state index < -0.39 is 0 Å². The molecular formula is C11H16O. The predicted octanol–water partition coefficient (Wildman–Crippen LogP) is 3.06. The van der Waals surface area contributed by atoms with Gasteiger partial charge in [-0.1, -0.05) is 43.3 Å². The van der Waals surface area contributed by atoms with Crippen molar-refractivity contribution in [2.24, 2.45) is 0 Å². The van der Waals surface area contributed by atoms with Crippen LogP contribution in [-0.4, -0.2) is 5.78 Å². The van der Waals surface area contributed by atoms with Crippen molar-refractivity contribution in [3.63, 3.8) is 0 Å². The van der Waals surface area contributed by atoms with Crippen molar-refractivity contribution in [1.29, 1.82) is 0 Å². The van der Waals surface area contributed by atoms with E-state index in [1.54, 1.807) is 6.92 Å². The van der Waals surface area contributed by atoms with Gasteiger partial charge in [-0.05, 0) is 13.3 Å². The van der Waals surface area contributed by atoms with Crippen LogP contribution in [-0.2, 0) is 4.79 Å². The Morgan fingerprint density at radius 2 is 1.33 bits per heavy atom. The van der Waals surface area contributed by atoms with E-state index in [0.29, 0.717) is 0 Å². The summed E-state index contributed by atoms with van der Waals surface area (Å²) in [5.41, 5.74) is 0. The maximum absolute atomic E-state index is 10.0. The quantitative estimate of drug-likeness (QED) is 0.656. The average molecular weight is 164 g/mol. The second-order valence-corrected chi connectivity index (χ2v) is 2.61. The molecule has 0 atom stereocenters.